The van der Waals surface area contributed by atoms with E-state index < -0.39 is 0 Å². The van der Waals surface area contributed by atoms with E-state index in [-0.39, 0.29) is 6.04 Å². The van der Waals surface area contributed by atoms with Crippen LogP contribution in [0.25, 0.3) is 21.9 Å². The molecule has 0 unspecified atom stereocenters. The summed E-state index contributed by atoms with van der Waals surface area (Å²) in [6.07, 6.45) is 0.912. The van der Waals surface area contributed by atoms with Gasteiger partial charge in [-0.1, -0.05) is 6.07 Å². The minimum Gasteiger partial charge on any atom is -0.496 e. The van der Waals surface area contributed by atoms with Crippen LogP contribution in [-0.4, -0.2) is 46.4 Å². The SMILES string of the molecule is COc1cc(OC)c2c(c1-c1ccc(OC)c3c(OC)cc(C)cc13)C[C@H](C)N(C)[C@H]2C. The minimum absolute atomic E-state index is 0.231. The van der Waals surface area contributed by atoms with Crippen LogP contribution in [-0.2, 0) is 6.42 Å². The standard InChI is InChI=1S/C27H33NO4/c1-15-11-19-18(9-10-21(29-5)27(19)22(12-15)30-6)26-20-13-16(2)28(4)17(3)25(20)23(31-7)14-24(26)32-8/h9-12,14,16-17H,13H2,1-8H3/t16-,17-/m0/s1. The van der Waals surface area contributed by atoms with Gasteiger partial charge in [0.05, 0.1) is 33.8 Å². The second kappa shape index (κ2) is 8.55. The summed E-state index contributed by atoms with van der Waals surface area (Å²) in [5.74, 6) is 3.29. The van der Waals surface area contributed by atoms with Crippen molar-refractivity contribution in [3.63, 3.8) is 0 Å². The van der Waals surface area contributed by atoms with E-state index >= 15 is 0 Å². The van der Waals surface area contributed by atoms with Gasteiger partial charge in [-0.05, 0) is 74.5 Å². The first kappa shape index (κ1) is 22.3. The molecule has 3 aromatic carbocycles. The third-order valence-electron chi connectivity index (χ3n) is 6.96. The third-order valence-corrected chi connectivity index (χ3v) is 6.96. The molecule has 5 nitrogen and oxygen atoms in total. The molecule has 170 valence electrons. The average Bonchev–Trinajstić information content (AvgIpc) is 2.80. The molecule has 1 aliphatic rings. The molecule has 0 amide bonds. The van der Waals surface area contributed by atoms with Crippen molar-refractivity contribution in [2.45, 2.75) is 39.3 Å². The summed E-state index contributed by atoms with van der Waals surface area (Å²) in [4.78, 5) is 2.40. The largest absolute Gasteiger partial charge is 0.496 e. The summed E-state index contributed by atoms with van der Waals surface area (Å²) in [5.41, 5.74) is 5.88. The summed E-state index contributed by atoms with van der Waals surface area (Å²) in [7, 11) is 9.04. The second-order valence-corrected chi connectivity index (χ2v) is 8.65. The van der Waals surface area contributed by atoms with Gasteiger partial charge < -0.3 is 18.9 Å². The molecule has 0 aromatic heterocycles. The van der Waals surface area contributed by atoms with Crippen LogP contribution in [0.2, 0.25) is 0 Å². The summed E-state index contributed by atoms with van der Waals surface area (Å²) in [5, 5.41) is 2.06. The van der Waals surface area contributed by atoms with Gasteiger partial charge in [0.1, 0.15) is 23.0 Å². The molecule has 0 N–H and O–H groups in total. The highest BCUT2D eigenvalue weighted by Gasteiger charge is 2.33. The molecule has 0 spiro atoms. The molecule has 0 aliphatic carbocycles. The fourth-order valence-electron chi connectivity index (χ4n) is 5.12. The van der Waals surface area contributed by atoms with Crippen molar-refractivity contribution in [1.29, 1.82) is 0 Å². The minimum atomic E-state index is 0.231. The maximum absolute atomic E-state index is 5.94. The summed E-state index contributed by atoms with van der Waals surface area (Å²) in [6.45, 7) is 6.60. The van der Waals surface area contributed by atoms with Gasteiger partial charge in [-0.15, -0.1) is 0 Å². The molecule has 2 atom stereocenters. The number of likely N-dealkylation sites (N-methyl/N-ethyl adjacent to an activating group) is 1. The fraction of sp³-hybridized carbons (Fsp3) is 0.407. The Bertz CT molecular complexity index is 1170. The lowest BCUT2D eigenvalue weighted by molar-refractivity contribution is 0.175. The number of hydrogen-bond acceptors (Lipinski definition) is 5. The van der Waals surface area contributed by atoms with Gasteiger partial charge in [0, 0.05) is 29.3 Å². The molecule has 4 rings (SSSR count). The molecule has 1 aliphatic heterocycles. The highest BCUT2D eigenvalue weighted by Crippen LogP contribution is 2.50. The van der Waals surface area contributed by atoms with Crippen molar-refractivity contribution in [3.8, 4) is 34.1 Å². The number of benzene rings is 3. The Hall–Kier alpha value is -2.92. The van der Waals surface area contributed by atoms with Gasteiger partial charge in [0.25, 0.3) is 0 Å². The normalized spacial score (nSPS) is 18.4. The summed E-state index contributed by atoms with van der Waals surface area (Å²) < 4.78 is 23.2. The predicted octanol–water partition coefficient (Wildman–Crippen LogP) is 5.79. The number of methoxy groups -OCH3 is 4. The van der Waals surface area contributed by atoms with E-state index in [4.69, 9.17) is 18.9 Å². The lowest BCUT2D eigenvalue weighted by atomic mass is 9.82. The maximum atomic E-state index is 5.94. The van der Waals surface area contributed by atoms with Gasteiger partial charge in [0.15, 0.2) is 0 Å². The van der Waals surface area contributed by atoms with Gasteiger partial charge in [0.2, 0.25) is 0 Å². The van der Waals surface area contributed by atoms with Crippen LogP contribution >= 0.6 is 0 Å². The number of ether oxygens (including phenoxy) is 4. The van der Waals surface area contributed by atoms with Crippen molar-refractivity contribution in [2.24, 2.45) is 0 Å². The molecule has 0 saturated carbocycles. The monoisotopic (exact) mass is 435 g/mol. The number of nitrogens with zero attached hydrogens (tertiary/aromatic N) is 1. The molecule has 0 radical (unpaired) electrons. The van der Waals surface area contributed by atoms with E-state index in [0.29, 0.717) is 6.04 Å². The Labute approximate surface area is 190 Å². The molecule has 0 saturated heterocycles. The first-order valence-corrected chi connectivity index (χ1v) is 11.0. The van der Waals surface area contributed by atoms with E-state index in [1.807, 2.05) is 12.1 Å². The van der Waals surface area contributed by atoms with Gasteiger partial charge in [-0.3, -0.25) is 4.90 Å². The van der Waals surface area contributed by atoms with Gasteiger partial charge in [-0.25, -0.2) is 0 Å². The van der Waals surface area contributed by atoms with Crippen LogP contribution in [0.1, 0.15) is 36.6 Å². The predicted molar refractivity (Wildman–Crippen MR) is 130 cm³/mol. The van der Waals surface area contributed by atoms with Gasteiger partial charge in [-0.2, -0.15) is 0 Å². The lowest BCUT2D eigenvalue weighted by Crippen LogP contribution is -2.38. The second-order valence-electron chi connectivity index (χ2n) is 8.65. The molecule has 3 aromatic rings. The number of rotatable bonds is 5. The van der Waals surface area contributed by atoms with E-state index in [2.05, 4.69) is 50.9 Å². The van der Waals surface area contributed by atoms with E-state index in [1.54, 1.807) is 28.4 Å². The van der Waals surface area contributed by atoms with Crippen molar-refractivity contribution in [1.82, 2.24) is 4.90 Å². The van der Waals surface area contributed by atoms with Crippen LogP contribution in [0, 0.1) is 6.92 Å². The number of fused-ring (bicyclic) bond motifs is 2. The first-order chi connectivity index (χ1) is 15.4. The molecule has 0 bridgehead atoms. The Morgan fingerprint density at radius 3 is 2.09 bits per heavy atom. The van der Waals surface area contributed by atoms with Crippen LogP contribution in [0.3, 0.4) is 0 Å². The van der Waals surface area contributed by atoms with Crippen LogP contribution in [0.5, 0.6) is 23.0 Å². The third kappa shape index (κ3) is 3.36. The quantitative estimate of drug-likeness (QED) is 0.507. The Balaban J connectivity index is 2.15. The molecule has 0 fully saturated rings. The molecule has 5 heteroatoms. The van der Waals surface area contributed by atoms with Crippen molar-refractivity contribution in [2.75, 3.05) is 35.5 Å². The Morgan fingerprint density at radius 1 is 0.812 bits per heavy atom. The van der Waals surface area contributed by atoms with E-state index in [1.165, 1.54) is 11.1 Å². The first-order valence-electron chi connectivity index (χ1n) is 11.0. The van der Waals surface area contributed by atoms with Crippen LogP contribution in [0.15, 0.2) is 30.3 Å². The molecule has 1 heterocycles. The average molecular weight is 436 g/mol. The van der Waals surface area contributed by atoms with E-state index in [0.717, 1.165) is 56.9 Å². The molecular weight excluding hydrogens is 402 g/mol. The van der Waals surface area contributed by atoms with Gasteiger partial charge >= 0.3 is 0 Å². The topological polar surface area (TPSA) is 40.2 Å². The Morgan fingerprint density at radius 2 is 1.47 bits per heavy atom. The zero-order chi connectivity index (χ0) is 23.2. The molecular formula is C27H33NO4. The maximum Gasteiger partial charge on any atom is 0.130 e. The Kier molecular flexibility index (Phi) is 5.95. The van der Waals surface area contributed by atoms with Crippen molar-refractivity contribution in [3.05, 3.63) is 47.0 Å². The van der Waals surface area contributed by atoms with Crippen LogP contribution in [0.4, 0.5) is 0 Å². The summed E-state index contributed by atoms with van der Waals surface area (Å²) in [6, 6.07) is 11.1. The number of hydrogen-bond donors (Lipinski definition) is 0. The summed E-state index contributed by atoms with van der Waals surface area (Å²) >= 11 is 0. The highest BCUT2D eigenvalue weighted by molar-refractivity contribution is 6.05. The number of aryl methyl sites for hydroxylation is 1. The zero-order valence-electron chi connectivity index (χ0n) is 20.3. The zero-order valence-corrected chi connectivity index (χ0v) is 20.3. The van der Waals surface area contributed by atoms with Crippen molar-refractivity contribution < 1.29 is 18.9 Å². The highest BCUT2D eigenvalue weighted by atomic mass is 16.5. The molecule has 32 heavy (non-hydrogen) atoms. The van der Waals surface area contributed by atoms with Crippen molar-refractivity contribution >= 4 is 10.8 Å². The lowest BCUT2D eigenvalue weighted by Gasteiger charge is -2.39. The van der Waals surface area contributed by atoms with E-state index in [9.17, 15) is 0 Å². The smallest absolute Gasteiger partial charge is 0.130 e. The van der Waals surface area contributed by atoms with Crippen LogP contribution < -0.4 is 18.9 Å². The fourth-order valence-corrected chi connectivity index (χ4v) is 5.12.